The molecule has 0 aromatic carbocycles. The van der Waals surface area contributed by atoms with Crippen LogP contribution < -0.4 is 0 Å². The molecule has 1 fully saturated rings. The maximum atomic E-state index is 6.00. The van der Waals surface area contributed by atoms with Gasteiger partial charge < -0.3 is 0 Å². The Morgan fingerprint density at radius 1 is 1.46 bits per heavy atom. The second-order valence-electron chi connectivity index (χ2n) is 3.37. The third-order valence-electron chi connectivity index (χ3n) is 2.30. The number of rotatable bonds is 1. The molecule has 0 saturated heterocycles. The first kappa shape index (κ1) is 7.33. The van der Waals surface area contributed by atoms with Crippen LogP contribution in [0.5, 0.6) is 0 Å². The summed E-state index contributed by atoms with van der Waals surface area (Å²) in [5.74, 6) is 1.43. The maximum absolute atomic E-state index is 6.00. The Bertz CT molecular complexity index is 459. The minimum Gasteiger partial charge on any atom is -0.236 e. The zero-order valence-electron chi connectivity index (χ0n) is 6.94. The Morgan fingerprint density at radius 3 is 3.08 bits per heavy atom. The van der Waals surface area contributed by atoms with Crippen molar-refractivity contribution in [3.63, 3.8) is 0 Å². The van der Waals surface area contributed by atoms with Crippen LogP contribution in [0.3, 0.4) is 0 Å². The molecule has 2 aromatic rings. The molecule has 0 spiro atoms. The van der Waals surface area contributed by atoms with Crippen molar-refractivity contribution < 1.29 is 0 Å². The Balaban J connectivity index is 2.27. The molecule has 3 rings (SSSR count). The highest BCUT2D eigenvalue weighted by Gasteiger charge is 2.27. The summed E-state index contributed by atoms with van der Waals surface area (Å²) in [6.07, 6.45) is 4.29. The first-order valence-electron chi connectivity index (χ1n) is 4.35. The fraction of sp³-hybridized carbons (Fsp3) is 0.333. The summed E-state index contributed by atoms with van der Waals surface area (Å²) in [5.41, 5.74) is 0.881. The van der Waals surface area contributed by atoms with E-state index < -0.39 is 0 Å². The van der Waals surface area contributed by atoms with Gasteiger partial charge in [0.15, 0.2) is 11.0 Å². The van der Waals surface area contributed by atoms with E-state index in [4.69, 9.17) is 11.6 Å². The summed E-state index contributed by atoms with van der Waals surface area (Å²) in [6, 6.07) is 3.84. The zero-order chi connectivity index (χ0) is 8.84. The van der Waals surface area contributed by atoms with Crippen molar-refractivity contribution in [1.29, 1.82) is 0 Å². The van der Waals surface area contributed by atoms with E-state index in [-0.39, 0.29) is 0 Å². The van der Waals surface area contributed by atoms with Crippen LogP contribution in [0.4, 0.5) is 0 Å². The van der Waals surface area contributed by atoms with E-state index in [1.165, 1.54) is 12.8 Å². The van der Waals surface area contributed by atoms with Crippen LogP contribution in [-0.4, -0.2) is 14.6 Å². The second-order valence-corrected chi connectivity index (χ2v) is 3.73. The Morgan fingerprint density at radius 2 is 2.31 bits per heavy atom. The van der Waals surface area contributed by atoms with Crippen LogP contribution in [0.1, 0.15) is 24.6 Å². The standard InChI is InChI=1S/C9H8ClN3/c10-8-7-2-1-5-13(7)12-9(11-8)6-3-4-6/h1-2,5-6H,3-4H2. The van der Waals surface area contributed by atoms with Gasteiger partial charge in [-0.3, -0.25) is 0 Å². The van der Waals surface area contributed by atoms with Gasteiger partial charge in [-0.05, 0) is 25.0 Å². The monoisotopic (exact) mass is 193 g/mol. The third kappa shape index (κ3) is 1.11. The number of fused-ring (bicyclic) bond motifs is 1. The minimum atomic E-state index is 0.546. The van der Waals surface area contributed by atoms with E-state index in [2.05, 4.69) is 10.1 Å². The SMILES string of the molecule is Clc1nc(C2CC2)nn2cccc12. The van der Waals surface area contributed by atoms with Gasteiger partial charge in [0.25, 0.3) is 0 Å². The van der Waals surface area contributed by atoms with Crippen molar-refractivity contribution in [3.05, 3.63) is 29.3 Å². The van der Waals surface area contributed by atoms with Crippen LogP contribution >= 0.6 is 11.6 Å². The Labute approximate surface area is 80.3 Å². The number of aromatic nitrogens is 3. The highest BCUT2D eigenvalue weighted by molar-refractivity contribution is 6.32. The van der Waals surface area contributed by atoms with Gasteiger partial charge in [0.2, 0.25) is 0 Å². The second kappa shape index (κ2) is 2.45. The molecule has 1 saturated carbocycles. The lowest BCUT2D eigenvalue weighted by Gasteiger charge is -2.00. The van der Waals surface area contributed by atoms with Gasteiger partial charge in [0.1, 0.15) is 5.52 Å². The molecule has 0 radical (unpaired) electrons. The van der Waals surface area contributed by atoms with Gasteiger partial charge in [0, 0.05) is 12.1 Å². The molecule has 1 aliphatic rings. The lowest BCUT2D eigenvalue weighted by atomic mass is 10.4. The van der Waals surface area contributed by atoms with E-state index in [0.29, 0.717) is 11.1 Å². The number of halogens is 1. The first-order chi connectivity index (χ1) is 6.34. The predicted octanol–water partition coefficient (Wildman–Crippen LogP) is 2.26. The highest BCUT2D eigenvalue weighted by Crippen LogP contribution is 2.38. The van der Waals surface area contributed by atoms with Gasteiger partial charge in [0.05, 0.1) is 0 Å². The molecule has 3 nitrogen and oxygen atoms in total. The summed E-state index contributed by atoms with van der Waals surface area (Å²) < 4.78 is 1.79. The van der Waals surface area contributed by atoms with Crippen LogP contribution in [0.2, 0.25) is 5.15 Å². The number of nitrogens with zero attached hydrogens (tertiary/aromatic N) is 3. The van der Waals surface area contributed by atoms with Crippen molar-refractivity contribution in [2.45, 2.75) is 18.8 Å². The van der Waals surface area contributed by atoms with E-state index in [1.807, 2.05) is 18.3 Å². The predicted molar refractivity (Wildman–Crippen MR) is 50.0 cm³/mol. The first-order valence-corrected chi connectivity index (χ1v) is 4.73. The summed E-state index contributed by atoms with van der Waals surface area (Å²) in [7, 11) is 0. The summed E-state index contributed by atoms with van der Waals surface area (Å²) in [5, 5.41) is 4.94. The molecular weight excluding hydrogens is 186 g/mol. The molecule has 0 unspecified atom stereocenters. The molecule has 13 heavy (non-hydrogen) atoms. The van der Waals surface area contributed by atoms with Crippen molar-refractivity contribution >= 4 is 17.1 Å². The van der Waals surface area contributed by atoms with Gasteiger partial charge >= 0.3 is 0 Å². The fourth-order valence-electron chi connectivity index (χ4n) is 1.43. The molecule has 2 aromatic heterocycles. The molecule has 0 N–H and O–H groups in total. The third-order valence-corrected chi connectivity index (χ3v) is 2.58. The molecule has 0 aliphatic heterocycles. The molecule has 4 heteroatoms. The largest absolute Gasteiger partial charge is 0.236 e. The van der Waals surface area contributed by atoms with E-state index in [1.54, 1.807) is 4.52 Å². The normalized spacial score (nSPS) is 16.7. The van der Waals surface area contributed by atoms with E-state index >= 15 is 0 Å². The summed E-state index contributed by atoms with van der Waals surface area (Å²) in [4.78, 5) is 4.27. The van der Waals surface area contributed by atoms with Crippen LogP contribution in [0.15, 0.2) is 18.3 Å². The number of hydrogen-bond donors (Lipinski definition) is 0. The van der Waals surface area contributed by atoms with Crippen molar-refractivity contribution in [2.24, 2.45) is 0 Å². The molecule has 1 aliphatic carbocycles. The lowest BCUT2D eigenvalue weighted by molar-refractivity contribution is 0.805. The lowest BCUT2D eigenvalue weighted by Crippen LogP contribution is -1.99. The zero-order valence-corrected chi connectivity index (χ0v) is 7.70. The van der Waals surface area contributed by atoms with E-state index in [9.17, 15) is 0 Å². The molecular formula is C9H8ClN3. The van der Waals surface area contributed by atoms with Crippen LogP contribution in [0, 0.1) is 0 Å². The van der Waals surface area contributed by atoms with Gasteiger partial charge in [-0.15, -0.1) is 0 Å². The van der Waals surface area contributed by atoms with Crippen LogP contribution in [0.25, 0.3) is 5.52 Å². The van der Waals surface area contributed by atoms with Crippen molar-refractivity contribution in [3.8, 4) is 0 Å². The summed E-state index contributed by atoms with van der Waals surface area (Å²) >= 11 is 6.00. The molecule has 2 heterocycles. The van der Waals surface area contributed by atoms with Crippen LogP contribution in [-0.2, 0) is 0 Å². The molecule has 0 atom stereocenters. The molecule has 0 bridgehead atoms. The topological polar surface area (TPSA) is 30.2 Å². The molecule has 0 amide bonds. The average molecular weight is 194 g/mol. The van der Waals surface area contributed by atoms with E-state index in [0.717, 1.165) is 11.3 Å². The van der Waals surface area contributed by atoms with Crippen molar-refractivity contribution in [1.82, 2.24) is 14.6 Å². The van der Waals surface area contributed by atoms with Gasteiger partial charge in [-0.25, -0.2) is 9.50 Å². The maximum Gasteiger partial charge on any atom is 0.156 e. The van der Waals surface area contributed by atoms with Gasteiger partial charge in [-0.1, -0.05) is 11.6 Å². The summed E-state index contributed by atoms with van der Waals surface area (Å²) in [6.45, 7) is 0. The van der Waals surface area contributed by atoms with Crippen molar-refractivity contribution in [2.75, 3.05) is 0 Å². The quantitative estimate of drug-likeness (QED) is 0.696. The smallest absolute Gasteiger partial charge is 0.156 e. The Hall–Kier alpha value is -1.09. The van der Waals surface area contributed by atoms with Gasteiger partial charge in [-0.2, -0.15) is 5.10 Å². The molecule has 66 valence electrons. The minimum absolute atomic E-state index is 0.546. The fourth-order valence-corrected chi connectivity index (χ4v) is 1.66. The number of hydrogen-bond acceptors (Lipinski definition) is 2. The average Bonchev–Trinajstić information content (AvgIpc) is 2.85. The highest BCUT2D eigenvalue weighted by atomic mass is 35.5. The Kier molecular flexibility index (Phi) is 1.38.